The number of aryl methyl sites for hydroxylation is 1. The molecule has 140 valence electrons. The first-order valence-electron chi connectivity index (χ1n) is 9.08. The van der Waals surface area contributed by atoms with Crippen molar-refractivity contribution in [3.63, 3.8) is 0 Å². The number of benzene rings is 1. The topological polar surface area (TPSA) is 58.4 Å². The average Bonchev–Trinajstić information content (AvgIpc) is 3.03. The van der Waals surface area contributed by atoms with Gasteiger partial charge in [0.2, 0.25) is 11.8 Å². The van der Waals surface area contributed by atoms with Gasteiger partial charge in [0.1, 0.15) is 0 Å². The summed E-state index contributed by atoms with van der Waals surface area (Å²) >= 11 is 1.50. The third-order valence-electron chi connectivity index (χ3n) is 4.90. The molecule has 1 saturated heterocycles. The Morgan fingerprint density at radius 2 is 1.92 bits per heavy atom. The summed E-state index contributed by atoms with van der Waals surface area (Å²) < 4.78 is 2.15. The predicted octanol–water partition coefficient (Wildman–Crippen LogP) is 2.48. The Bertz CT molecular complexity index is 794. The van der Waals surface area contributed by atoms with E-state index in [0.29, 0.717) is 18.8 Å². The molecular formula is C19H26N4O2S. The SMILES string of the molecule is CCn1c(SCC(=O)N2CCC(C(=O)N(C)C)CC2)nc2ccccc21. The molecule has 1 aromatic heterocycles. The van der Waals surface area contributed by atoms with Gasteiger partial charge in [0, 0.05) is 39.6 Å². The fourth-order valence-electron chi connectivity index (χ4n) is 3.43. The van der Waals surface area contributed by atoms with Crippen molar-refractivity contribution in [1.29, 1.82) is 0 Å². The van der Waals surface area contributed by atoms with Crippen LogP contribution in [-0.2, 0) is 16.1 Å². The fraction of sp³-hybridized carbons (Fsp3) is 0.526. The minimum Gasteiger partial charge on any atom is -0.349 e. The molecule has 0 unspecified atom stereocenters. The number of carbonyl (C=O) groups is 2. The summed E-state index contributed by atoms with van der Waals surface area (Å²) in [6.45, 7) is 4.24. The van der Waals surface area contributed by atoms with E-state index in [2.05, 4.69) is 22.5 Å². The first-order valence-corrected chi connectivity index (χ1v) is 10.1. The van der Waals surface area contributed by atoms with Gasteiger partial charge in [-0.1, -0.05) is 23.9 Å². The van der Waals surface area contributed by atoms with Crippen LogP contribution in [0.1, 0.15) is 19.8 Å². The van der Waals surface area contributed by atoms with Gasteiger partial charge in [0.25, 0.3) is 0 Å². The molecule has 1 aliphatic rings. The highest BCUT2D eigenvalue weighted by Gasteiger charge is 2.28. The molecule has 0 bridgehead atoms. The van der Waals surface area contributed by atoms with Gasteiger partial charge in [-0.3, -0.25) is 9.59 Å². The molecule has 0 spiro atoms. The van der Waals surface area contributed by atoms with Crippen molar-refractivity contribution in [1.82, 2.24) is 19.4 Å². The van der Waals surface area contributed by atoms with Crippen molar-refractivity contribution in [2.45, 2.75) is 31.5 Å². The largest absolute Gasteiger partial charge is 0.349 e. The van der Waals surface area contributed by atoms with Gasteiger partial charge in [-0.25, -0.2) is 4.98 Å². The molecule has 1 fully saturated rings. The van der Waals surface area contributed by atoms with E-state index >= 15 is 0 Å². The molecule has 2 amide bonds. The van der Waals surface area contributed by atoms with E-state index in [1.54, 1.807) is 19.0 Å². The second-order valence-corrected chi connectivity index (χ2v) is 7.75. The van der Waals surface area contributed by atoms with Crippen LogP contribution in [0.25, 0.3) is 11.0 Å². The molecule has 1 aliphatic heterocycles. The summed E-state index contributed by atoms with van der Waals surface area (Å²) in [7, 11) is 3.58. The molecule has 0 N–H and O–H groups in total. The number of para-hydroxylation sites is 2. The molecule has 2 aromatic rings. The molecule has 3 rings (SSSR count). The smallest absolute Gasteiger partial charge is 0.233 e. The van der Waals surface area contributed by atoms with E-state index in [0.717, 1.165) is 35.6 Å². The van der Waals surface area contributed by atoms with Crippen molar-refractivity contribution < 1.29 is 9.59 Å². The van der Waals surface area contributed by atoms with Gasteiger partial charge in [0.15, 0.2) is 5.16 Å². The van der Waals surface area contributed by atoms with Gasteiger partial charge >= 0.3 is 0 Å². The zero-order chi connectivity index (χ0) is 18.7. The third-order valence-corrected chi connectivity index (χ3v) is 5.86. The molecule has 26 heavy (non-hydrogen) atoms. The highest BCUT2D eigenvalue weighted by Crippen LogP contribution is 2.25. The number of amides is 2. The summed E-state index contributed by atoms with van der Waals surface area (Å²) in [5.74, 6) is 0.727. The van der Waals surface area contributed by atoms with E-state index in [9.17, 15) is 9.59 Å². The minimum absolute atomic E-state index is 0.0472. The number of aromatic nitrogens is 2. The zero-order valence-corrected chi connectivity index (χ0v) is 16.5. The lowest BCUT2D eigenvalue weighted by molar-refractivity contribution is -0.138. The van der Waals surface area contributed by atoms with E-state index in [1.807, 2.05) is 23.1 Å². The minimum atomic E-state index is 0.0472. The number of nitrogens with zero attached hydrogens (tertiary/aromatic N) is 4. The lowest BCUT2D eigenvalue weighted by Gasteiger charge is -2.32. The van der Waals surface area contributed by atoms with Crippen molar-refractivity contribution in [3.05, 3.63) is 24.3 Å². The van der Waals surface area contributed by atoms with E-state index < -0.39 is 0 Å². The number of likely N-dealkylation sites (tertiary alicyclic amines) is 1. The number of hydrogen-bond acceptors (Lipinski definition) is 4. The van der Waals surface area contributed by atoms with Crippen LogP contribution in [0.2, 0.25) is 0 Å². The molecule has 6 nitrogen and oxygen atoms in total. The van der Waals surface area contributed by atoms with Crippen LogP contribution in [0.15, 0.2) is 29.4 Å². The molecule has 0 radical (unpaired) electrons. The lowest BCUT2D eigenvalue weighted by Crippen LogP contribution is -2.43. The van der Waals surface area contributed by atoms with Crippen molar-refractivity contribution in [3.8, 4) is 0 Å². The maximum absolute atomic E-state index is 12.6. The standard InChI is InChI=1S/C19H26N4O2S/c1-4-23-16-8-6-5-7-15(16)20-19(23)26-13-17(24)22-11-9-14(10-12-22)18(25)21(2)3/h5-8,14H,4,9-13H2,1-3H3. The van der Waals surface area contributed by atoms with Gasteiger partial charge in [-0.15, -0.1) is 0 Å². The van der Waals surface area contributed by atoms with Crippen LogP contribution in [0, 0.1) is 5.92 Å². The Hall–Kier alpha value is -2.02. The maximum atomic E-state index is 12.6. The Morgan fingerprint density at radius 3 is 2.58 bits per heavy atom. The normalized spacial score (nSPS) is 15.4. The van der Waals surface area contributed by atoms with Crippen molar-refractivity contribution >= 4 is 34.6 Å². The van der Waals surface area contributed by atoms with Crippen LogP contribution in [-0.4, -0.2) is 64.1 Å². The summed E-state index contributed by atoms with van der Waals surface area (Å²) in [5.41, 5.74) is 2.07. The van der Waals surface area contributed by atoms with Gasteiger partial charge < -0.3 is 14.4 Å². The summed E-state index contributed by atoms with van der Waals surface area (Å²) in [5, 5.41) is 0.889. The summed E-state index contributed by atoms with van der Waals surface area (Å²) in [6.07, 6.45) is 1.50. The second kappa shape index (κ2) is 8.12. The van der Waals surface area contributed by atoms with Crippen LogP contribution in [0.4, 0.5) is 0 Å². The van der Waals surface area contributed by atoms with Crippen LogP contribution in [0.5, 0.6) is 0 Å². The van der Waals surface area contributed by atoms with Crippen molar-refractivity contribution in [2.24, 2.45) is 5.92 Å². The quantitative estimate of drug-likeness (QED) is 0.755. The van der Waals surface area contributed by atoms with E-state index in [-0.39, 0.29) is 17.7 Å². The van der Waals surface area contributed by atoms with Crippen LogP contribution >= 0.6 is 11.8 Å². The van der Waals surface area contributed by atoms with Crippen molar-refractivity contribution in [2.75, 3.05) is 32.9 Å². The van der Waals surface area contributed by atoms with Gasteiger partial charge in [-0.05, 0) is 31.9 Å². The Morgan fingerprint density at radius 1 is 1.23 bits per heavy atom. The average molecular weight is 375 g/mol. The molecule has 7 heteroatoms. The number of rotatable bonds is 5. The Kier molecular flexibility index (Phi) is 5.86. The number of hydrogen-bond donors (Lipinski definition) is 0. The number of piperidine rings is 1. The highest BCUT2D eigenvalue weighted by molar-refractivity contribution is 7.99. The highest BCUT2D eigenvalue weighted by atomic mass is 32.2. The monoisotopic (exact) mass is 374 g/mol. The number of fused-ring (bicyclic) bond motifs is 1. The second-order valence-electron chi connectivity index (χ2n) is 6.80. The first-order chi connectivity index (χ1) is 12.5. The maximum Gasteiger partial charge on any atom is 0.233 e. The van der Waals surface area contributed by atoms with Gasteiger partial charge in [-0.2, -0.15) is 0 Å². The van der Waals surface area contributed by atoms with Crippen LogP contribution < -0.4 is 0 Å². The number of imidazole rings is 1. The zero-order valence-electron chi connectivity index (χ0n) is 15.6. The lowest BCUT2D eigenvalue weighted by atomic mass is 9.95. The Labute approximate surface area is 158 Å². The fourth-order valence-corrected chi connectivity index (χ4v) is 4.41. The molecule has 0 saturated carbocycles. The first kappa shape index (κ1) is 18.8. The van der Waals surface area contributed by atoms with E-state index in [4.69, 9.17) is 0 Å². The van der Waals surface area contributed by atoms with Crippen LogP contribution in [0.3, 0.4) is 0 Å². The predicted molar refractivity (Wildman–Crippen MR) is 104 cm³/mol. The summed E-state index contributed by atoms with van der Waals surface area (Å²) in [4.78, 5) is 32.8. The number of thioether (sulfide) groups is 1. The molecule has 0 atom stereocenters. The van der Waals surface area contributed by atoms with E-state index in [1.165, 1.54) is 11.8 Å². The Balaban J connectivity index is 1.58. The van der Waals surface area contributed by atoms with Gasteiger partial charge in [0.05, 0.1) is 16.8 Å². The molecule has 0 aliphatic carbocycles. The molecule has 2 heterocycles. The number of carbonyl (C=O) groups excluding carboxylic acids is 2. The third kappa shape index (κ3) is 3.87. The molecule has 1 aromatic carbocycles. The molecular weight excluding hydrogens is 348 g/mol. The summed E-state index contributed by atoms with van der Waals surface area (Å²) in [6, 6.07) is 8.05.